The third kappa shape index (κ3) is 3.13. The number of non-ortho nitro benzene ring substituents is 1. The van der Waals surface area contributed by atoms with Crippen LogP contribution in [0.4, 0.5) is 5.69 Å². The van der Waals surface area contributed by atoms with Gasteiger partial charge < -0.3 is 9.84 Å². The first-order chi connectivity index (χ1) is 14.2. The number of phenols is 1. The van der Waals surface area contributed by atoms with E-state index < -0.39 is 4.92 Å². The van der Waals surface area contributed by atoms with Gasteiger partial charge in [0.25, 0.3) is 5.69 Å². The maximum absolute atomic E-state index is 13.3. The van der Waals surface area contributed by atoms with Crippen molar-refractivity contribution >= 4 is 43.3 Å². The van der Waals surface area contributed by atoms with Crippen LogP contribution in [0.5, 0.6) is 5.75 Å². The minimum atomic E-state index is -0.496. The summed E-state index contributed by atoms with van der Waals surface area (Å²) in [4.78, 5) is 28.7. The van der Waals surface area contributed by atoms with Crippen molar-refractivity contribution in [2.75, 3.05) is 7.11 Å². The summed E-state index contributed by atoms with van der Waals surface area (Å²) in [6.45, 7) is 2.03. The molecule has 1 aliphatic rings. The van der Waals surface area contributed by atoms with Crippen molar-refractivity contribution < 1.29 is 19.6 Å². The van der Waals surface area contributed by atoms with Gasteiger partial charge in [-0.25, -0.2) is 0 Å². The van der Waals surface area contributed by atoms with Crippen LogP contribution in [0.15, 0.2) is 39.3 Å². The molecule has 30 heavy (non-hydrogen) atoms. The van der Waals surface area contributed by atoms with Crippen molar-refractivity contribution in [1.82, 2.24) is 4.98 Å². The third-order valence-electron chi connectivity index (χ3n) is 5.04. The number of methoxy groups -OCH3 is 1. The smallest absolute Gasteiger partial charge is 0.270 e. The first-order valence-electron chi connectivity index (χ1n) is 8.78. The highest BCUT2D eigenvalue weighted by atomic mass is 79.9. The molecule has 1 aromatic heterocycles. The maximum atomic E-state index is 13.3. The number of phenolic OH excluding ortho intramolecular Hbond substituents is 1. The molecule has 0 bridgehead atoms. The van der Waals surface area contributed by atoms with E-state index in [1.807, 2.05) is 6.92 Å². The van der Waals surface area contributed by atoms with Crippen molar-refractivity contribution in [2.45, 2.75) is 13.5 Å². The lowest BCUT2D eigenvalue weighted by Crippen LogP contribution is -2.07. The number of nitro groups is 1. The highest BCUT2D eigenvalue weighted by Gasteiger charge is 2.35. The van der Waals surface area contributed by atoms with E-state index in [0.29, 0.717) is 48.2 Å². The predicted octanol–water partition coefficient (Wildman–Crippen LogP) is 5.55. The largest absolute Gasteiger partial charge is 0.506 e. The lowest BCUT2D eigenvalue weighted by Gasteiger charge is -2.17. The minimum Gasteiger partial charge on any atom is -0.506 e. The van der Waals surface area contributed by atoms with E-state index in [4.69, 9.17) is 4.74 Å². The Labute approximate surface area is 188 Å². The number of aromatic hydroxyl groups is 1. The molecule has 0 aliphatic heterocycles. The topological polar surface area (TPSA) is 103 Å². The lowest BCUT2D eigenvalue weighted by atomic mass is 9.92. The molecule has 0 spiro atoms. The van der Waals surface area contributed by atoms with Crippen molar-refractivity contribution in [3.8, 4) is 28.1 Å². The Morgan fingerprint density at radius 3 is 2.40 bits per heavy atom. The fourth-order valence-electron chi connectivity index (χ4n) is 3.68. The van der Waals surface area contributed by atoms with Gasteiger partial charge >= 0.3 is 0 Å². The van der Waals surface area contributed by atoms with E-state index in [9.17, 15) is 20.0 Å². The van der Waals surface area contributed by atoms with Gasteiger partial charge in [-0.15, -0.1) is 0 Å². The molecular formula is C21H14Br2N2O5. The lowest BCUT2D eigenvalue weighted by molar-refractivity contribution is -0.384. The fraction of sp³-hybridized carbons (Fsp3) is 0.143. The van der Waals surface area contributed by atoms with E-state index in [-0.39, 0.29) is 23.8 Å². The van der Waals surface area contributed by atoms with E-state index in [1.165, 1.54) is 18.2 Å². The number of nitro benzene ring substituents is 1. The molecule has 1 heterocycles. The highest BCUT2D eigenvalue weighted by molar-refractivity contribution is 9.11. The molecule has 1 N–H and O–H groups in total. The first kappa shape index (κ1) is 20.6. The quantitative estimate of drug-likeness (QED) is 0.272. The summed E-state index contributed by atoms with van der Waals surface area (Å²) in [5.41, 5.74) is 4.17. The minimum absolute atomic E-state index is 0.0414. The molecule has 2 aromatic carbocycles. The molecule has 0 fully saturated rings. The number of rotatable bonds is 4. The maximum Gasteiger partial charge on any atom is 0.270 e. The zero-order valence-electron chi connectivity index (χ0n) is 15.8. The fourth-order valence-corrected chi connectivity index (χ4v) is 4.87. The molecule has 152 valence electrons. The number of fused-ring (bicyclic) bond motifs is 3. The number of pyridine rings is 1. The van der Waals surface area contributed by atoms with Crippen molar-refractivity contribution in [2.24, 2.45) is 0 Å². The molecule has 9 heteroatoms. The second kappa shape index (κ2) is 7.57. The van der Waals surface area contributed by atoms with Gasteiger partial charge in [-0.3, -0.25) is 19.9 Å². The molecular weight excluding hydrogens is 520 g/mol. The Balaban J connectivity index is 2.09. The van der Waals surface area contributed by atoms with Crippen LogP contribution in [0, 0.1) is 17.0 Å². The Morgan fingerprint density at radius 1 is 1.13 bits per heavy atom. The molecule has 1 aliphatic carbocycles. The number of carbonyl (C=O) groups excluding carboxylic acids is 1. The van der Waals surface area contributed by atoms with Gasteiger partial charge in [0.05, 0.1) is 31.7 Å². The monoisotopic (exact) mass is 532 g/mol. The van der Waals surface area contributed by atoms with Crippen molar-refractivity contribution in [1.29, 1.82) is 0 Å². The number of halogens is 2. The molecule has 0 unspecified atom stereocenters. The Morgan fingerprint density at radius 2 is 1.80 bits per heavy atom. The second-order valence-electron chi connectivity index (χ2n) is 6.81. The number of carbonyl (C=O) groups is 1. The molecule has 0 amide bonds. The van der Waals surface area contributed by atoms with E-state index in [0.717, 1.165) is 5.56 Å². The van der Waals surface area contributed by atoms with Crippen LogP contribution < -0.4 is 0 Å². The SMILES string of the molecule is COCc1c(C)nc2c(c1-c1cc(Br)c(O)c(Br)c1)C(=O)c1ccc([N+](=O)[O-])cc1-2. The van der Waals surface area contributed by atoms with Crippen LogP contribution in [-0.4, -0.2) is 27.9 Å². The van der Waals surface area contributed by atoms with Gasteiger partial charge in [0, 0.05) is 47.2 Å². The van der Waals surface area contributed by atoms with E-state index >= 15 is 0 Å². The Hall–Kier alpha value is -2.62. The standard InChI is InChI=1S/C21H14Br2N2O5/c1-9-14(8-30-2)17(10-5-15(22)21(27)16(23)6-10)18-19(24-9)13-7-11(25(28)29)3-4-12(13)20(18)26/h3-7,27H,8H2,1-2H3. The van der Waals surface area contributed by atoms with E-state index in [1.54, 1.807) is 19.2 Å². The van der Waals surface area contributed by atoms with Crippen LogP contribution in [0.3, 0.4) is 0 Å². The average Bonchev–Trinajstić information content (AvgIpc) is 2.97. The number of aromatic nitrogens is 1. The summed E-state index contributed by atoms with van der Waals surface area (Å²) in [5, 5.41) is 21.4. The Bertz CT molecular complexity index is 1230. The van der Waals surface area contributed by atoms with Crippen LogP contribution >= 0.6 is 31.9 Å². The molecule has 0 atom stereocenters. The number of ketones is 1. The number of benzene rings is 2. The third-order valence-corrected chi connectivity index (χ3v) is 6.25. The van der Waals surface area contributed by atoms with Gasteiger partial charge in [0.15, 0.2) is 5.78 Å². The zero-order valence-corrected chi connectivity index (χ0v) is 19.0. The molecule has 7 nitrogen and oxygen atoms in total. The van der Waals surface area contributed by atoms with Gasteiger partial charge in [-0.1, -0.05) is 0 Å². The van der Waals surface area contributed by atoms with Gasteiger partial charge in [0.1, 0.15) is 5.75 Å². The number of ether oxygens (including phenoxy) is 1. The van der Waals surface area contributed by atoms with Crippen molar-refractivity contribution in [3.63, 3.8) is 0 Å². The van der Waals surface area contributed by atoms with Crippen LogP contribution in [0.25, 0.3) is 22.4 Å². The number of aryl methyl sites for hydroxylation is 1. The molecule has 0 saturated carbocycles. The number of hydrogen-bond donors (Lipinski definition) is 1. The predicted molar refractivity (Wildman–Crippen MR) is 118 cm³/mol. The summed E-state index contributed by atoms with van der Waals surface area (Å²) in [5.74, 6) is -0.213. The van der Waals surface area contributed by atoms with Crippen LogP contribution in [0.1, 0.15) is 27.2 Å². The average molecular weight is 534 g/mol. The molecule has 3 aromatic rings. The van der Waals surface area contributed by atoms with Crippen molar-refractivity contribution in [3.05, 3.63) is 71.8 Å². The van der Waals surface area contributed by atoms with Gasteiger partial charge in [-0.2, -0.15) is 0 Å². The van der Waals surface area contributed by atoms with Gasteiger partial charge in [-0.05, 0) is 62.5 Å². The van der Waals surface area contributed by atoms with Crippen LogP contribution in [0.2, 0.25) is 0 Å². The molecule has 0 saturated heterocycles. The first-order valence-corrected chi connectivity index (χ1v) is 10.4. The summed E-state index contributed by atoms with van der Waals surface area (Å²) in [6.07, 6.45) is 0. The van der Waals surface area contributed by atoms with E-state index in [2.05, 4.69) is 36.8 Å². The summed E-state index contributed by atoms with van der Waals surface area (Å²) in [6, 6.07) is 7.60. The summed E-state index contributed by atoms with van der Waals surface area (Å²) in [7, 11) is 1.55. The Kier molecular flexibility index (Phi) is 5.21. The zero-order chi connectivity index (χ0) is 21.7. The molecule has 4 rings (SSSR count). The number of hydrogen-bond acceptors (Lipinski definition) is 6. The van der Waals surface area contributed by atoms with Gasteiger partial charge in [0.2, 0.25) is 0 Å². The highest BCUT2D eigenvalue weighted by Crippen LogP contribution is 2.46. The second-order valence-corrected chi connectivity index (χ2v) is 8.52. The summed E-state index contributed by atoms with van der Waals surface area (Å²) < 4.78 is 6.28. The van der Waals surface area contributed by atoms with Crippen LogP contribution in [-0.2, 0) is 11.3 Å². The molecule has 0 radical (unpaired) electrons. The normalized spacial score (nSPS) is 12.1. The number of nitrogens with zero attached hydrogens (tertiary/aromatic N) is 2. The summed E-state index contributed by atoms with van der Waals surface area (Å²) >= 11 is 6.68.